The van der Waals surface area contributed by atoms with Crippen LogP contribution in [0.5, 0.6) is 11.5 Å². The van der Waals surface area contributed by atoms with Crippen LogP contribution in [0.4, 0.5) is 0 Å². The van der Waals surface area contributed by atoms with Crippen LogP contribution < -0.4 is 14.8 Å². The van der Waals surface area contributed by atoms with Crippen molar-refractivity contribution in [3.05, 3.63) is 95.6 Å². The largest absolute Gasteiger partial charge is 0.493 e. The topological polar surface area (TPSA) is 67.9 Å². The van der Waals surface area contributed by atoms with E-state index in [-0.39, 0.29) is 17.7 Å². The molecule has 0 saturated carbocycles. The van der Waals surface area contributed by atoms with Crippen LogP contribution in [0, 0.1) is 5.92 Å². The van der Waals surface area contributed by atoms with E-state index in [9.17, 15) is 9.59 Å². The summed E-state index contributed by atoms with van der Waals surface area (Å²) in [6.45, 7) is 4.55. The number of nitrogens with zero attached hydrogens (tertiary/aromatic N) is 1. The molecule has 6 heteroatoms. The van der Waals surface area contributed by atoms with E-state index in [1.165, 1.54) is 0 Å². The van der Waals surface area contributed by atoms with Crippen LogP contribution in [-0.2, 0) is 29.0 Å². The molecule has 6 nitrogen and oxygen atoms in total. The van der Waals surface area contributed by atoms with Crippen molar-refractivity contribution in [1.29, 1.82) is 0 Å². The minimum Gasteiger partial charge on any atom is -0.493 e. The maximum Gasteiger partial charge on any atom is 0.243 e. The number of rotatable bonds is 12. The number of hydrogen-bond donors (Lipinski definition) is 1. The van der Waals surface area contributed by atoms with Gasteiger partial charge in [0.25, 0.3) is 0 Å². The van der Waals surface area contributed by atoms with Gasteiger partial charge in [0.2, 0.25) is 11.8 Å². The number of benzene rings is 3. The number of methoxy groups -OCH3 is 2. The Kier molecular flexibility index (Phi) is 9.92. The van der Waals surface area contributed by atoms with Gasteiger partial charge in [-0.2, -0.15) is 0 Å². The maximum absolute atomic E-state index is 13.6. The summed E-state index contributed by atoms with van der Waals surface area (Å²) in [6.07, 6.45) is 1.06. The number of amides is 2. The highest BCUT2D eigenvalue weighted by atomic mass is 16.5. The average Bonchev–Trinajstić information content (AvgIpc) is 2.91. The number of nitrogens with one attached hydrogen (secondary N) is 1. The molecule has 0 saturated heterocycles. The zero-order valence-electron chi connectivity index (χ0n) is 21.6. The van der Waals surface area contributed by atoms with Crippen molar-refractivity contribution in [2.45, 2.75) is 39.3 Å². The summed E-state index contributed by atoms with van der Waals surface area (Å²) in [6, 6.07) is 24.7. The van der Waals surface area contributed by atoms with E-state index < -0.39 is 6.04 Å². The zero-order valence-corrected chi connectivity index (χ0v) is 21.6. The Morgan fingerprint density at radius 3 is 2.00 bits per heavy atom. The van der Waals surface area contributed by atoms with Crippen LogP contribution in [0.25, 0.3) is 0 Å². The molecule has 1 atom stereocenters. The van der Waals surface area contributed by atoms with Crippen LogP contribution in [0.2, 0.25) is 0 Å². The van der Waals surface area contributed by atoms with Crippen LogP contribution in [0.1, 0.15) is 30.5 Å². The monoisotopic (exact) mass is 488 g/mol. The van der Waals surface area contributed by atoms with E-state index in [4.69, 9.17) is 9.47 Å². The molecule has 1 N–H and O–H groups in total. The molecule has 0 bridgehead atoms. The van der Waals surface area contributed by atoms with E-state index >= 15 is 0 Å². The molecule has 2 amide bonds. The van der Waals surface area contributed by atoms with Crippen molar-refractivity contribution in [2.24, 2.45) is 5.92 Å². The molecule has 3 aromatic carbocycles. The summed E-state index contributed by atoms with van der Waals surface area (Å²) >= 11 is 0. The van der Waals surface area contributed by atoms with Gasteiger partial charge in [-0.05, 0) is 35.2 Å². The molecule has 0 heterocycles. The van der Waals surface area contributed by atoms with Gasteiger partial charge in [0.1, 0.15) is 6.04 Å². The van der Waals surface area contributed by atoms with E-state index in [1.807, 2.05) is 92.7 Å². The Bertz CT molecular complexity index is 1120. The van der Waals surface area contributed by atoms with Crippen molar-refractivity contribution < 1.29 is 19.1 Å². The number of carbonyl (C=O) groups is 2. The lowest BCUT2D eigenvalue weighted by Gasteiger charge is -2.32. The Labute approximate surface area is 214 Å². The fourth-order valence-electron chi connectivity index (χ4n) is 4.12. The average molecular weight is 489 g/mol. The van der Waals surface area contributed by atoms with E-state index in [1.54, 1.807) is 19.1 Å². The smallest absolute Gasteiger partial charge is 0.243 e. The molecule has 0 aliphatic carbocycles. The van der Waals surface area contributed by atoms with Gasteiger partial charge in [0.15, 0.2) is 11.5 Å². The lowest BCUT2D eigenvalue weighted by Crippen LogP contribution is -2.51. The van der Waals surface area contributed by atoms with Crippen LogP contribution in [0.3, 0.4) is 0 Å². The predicted octanol–water partition coefficient (Wildman–Crippen LogP) is 4.66. The van der Waals surface area contributed by atoms with Gasteiger partial charge in [-0.15, -0.1) is 0 Å². The van der Waals surface area contributed by atoms with E-state index in [0.29, 0.717) is 37.4 Å². The normalized spacial score (nSPS) is 11.6. The molecule has 36 heavy (non-hydrogen) atoms. The molecule has 0 aliphatic heterocycles. The molecule has 3 rings (SSSR count). The molecule has 0 aromatic heterocycles. The molecule has 0 spiro atoms. The van der Waals surface area contributed by atoms with Crippen molar-refractivity contribution in [2.75, 3.05) is 20.8 Å². The summed E-state index contributed by atoms with van der Waals surface area (Å²) in [5.41, 5.74) is 3.02. The predicted molar refractivity (Wildman–Crippen MR) is 142 cm³/mol. The molecule has 0 fully saturated rings. The molecule has 0 radical (unpaired) electrons. The molecule has 0 unspecified atom stereocenters. The van der Waals surface area contributed by atoms with Crippen molar-refractivity contribution in [1.82, 2.24) is 10.2 Å². The first-order chi connectivity index (χ1) is 17.4. The summed E-state index contributed by atoms with van der Waals surface area (Å²) < 4.78 is 10.7. The van der Waals surface area contributed by atoms with Gasteiger partial charge >= 0.3 is 0 Å². The van der Waals surface area contributed by atoms with E-state index in [0.717, 1.165) is 16.7 Å². The first kappa shape index (κ1) is 26.8. The second-order valence-electron chi connectivity index (χ2n) is 9.04. The quantitative estimate of drug-likeness (QED) is 0.403. The zero-order chi connectivity index (χ0) is 25.9. The van der Waals surface area contributed by atoms with Gasteiger partial charge in [-0.3, -0.25) is 9.59 Å². The SMILES string of the molecule is COc1ccc(CCNC(=O)[C@H](Cc2ccccc2)N(Cc2ccccc2)C(=O)C(C)C)cc1OC. The van der Waals surface area contributed by atoms with Crippen LogP contribution >= 0.6 is 0 Å². The van der Waals surface area contributed by atoms with Gasteiger partial charge in [-0.25, -0.2) is 0 Å². The fraction of sp³-hybridized carbons (Fsp3) is 0.333. The Morgan fingerprint density at radius 2 is 1.42 bits per heavy atom. The lowest BCUT2D eigenvalue weighted by molar-refractivity contribution is -0.143. The second-order valence-corrected chi connectivity index (χ2v) is 9.04. The van der Waals surface area contributed by atoms with Crippen LogP contribution in [-0.4, -0.2) is 43.5 Å². The van der Waals surface area contributed by atoms with E-state index in [2.05, 4.69) is 5.32 Å². The molecule has 0 aliphatic rings. The van der Waals surface area contributed by atoms with Crippen molar-refractivity contribution >= 4 is 11.8 Å². The van der Waals surface area contributed by atoms with Crippen molar-refractivity contribution in [3.63, 3.8) is 0 Å². The molecule has 190 valence electrons. The van der Waals surface area contributed by atoms with Gasteiger partial charge < -0.3 is 19.7 Å². The first-order valence-corrected chi connectivity index (χ1v) is 12.3. The Hall–Kier alpha value is -3.80. The Balaban J connectivity index is 1.80. The molecular weight excluding hydrogens is 452 g/mol. The standard InChI is InChI=1S/C30H36N2O4/c1-22(2)30(34)32(21-25-13-9-6-10-14-25)26(19-23-11-7-5-8-12-23)29(33)31-18-17-24-15-16-27(35-3)28(20-24)36-4/h5-16,20,22,26H,17-19,21H2,1-4H3,(H,31,33)/t26-/m0/s1. The summed E-state index contributed by atoms with van der Waals surface area (Å²) in [4.78, 5) is 28.6. The van der Waals surface area contributed by atoms with Gasteiger partial charge in [0.05, 0.1) is 14.2 Å². The molecular formula is C30H36N2O4. The minimum atomic E-state index is -0.632. The highest BCUT2D eigenvalue weighted by Crippen LogP contribution is 2.27. The number of ether oxygens (including phenoxy) is 2. The van der Waals surface area contributed by atoms with Gasteiger partial charge in [0, 0.05) is 25.4 Å². The Morgan fingerprint density at radius 1 is 0.806 bits per heavy atom. The second kappa shape index (κ2) is 13.3. The first-order valence-electron chi connectivity index (χ1n) is 12.3. The third-order valence-corrected chi connectivity index (χ3v) is 6.08. The lowest BCUT2D eigenvalue weighted by atomic mass is 10.0. The summed E-state index contributed by atoms with van der Waals surface area (Å²) in [5.74, 6) is 0.877. The fourth-order valence-corrected chi connectivity index (χ4v) is 4.12. The minimum absolute atomic E-state index is 0.0465. The summed E-state index contributed by atoms with van der Waals surface area (Å²) in [7, 11) is 3.20. The van der Waals surface area contributed by atoms with Crippen LogP contribution in [0.15, 0.2) is 78.9 Å². The third kappa shape index (κ3) is 7.35. The highest BCUT2D eigenvalue weighted by Gasteiger charge is 2.31. The number of hydrogen-bond acceptors (Lipinski definition) is 4. The number of carbonyl (C=O) groups excluding carboxylic acids is 2. The summed E-state index contributed by atoms with van der Waals surface area (Å²) in [5, 5.41) is 3.07. The third-order valence-electron chi connectivity index (χ3n) is 6.08. The highest BCUT2D eigenvalue weighted by molar-refractivity contribution is 5.88. The molecule has 3 aromatic rings. The van der Waals surface area contributed by atoms with Crippen molar-refractivity contribution in [3.8, 4) is 11.5 Å². The van der Waals surface area contributed by atoms with Gasteiger partial charge in [-0.1, -0.05) is 80.6 Å². The maximum atomic E-state index is 13.6.